The highest BCUT2D eigenvalue weighted by atomic mass is 32.2. The van der Waals surface area contributed by atoms with E-state index in [0.717, 1.165) is 13.1 Å². The third-order valence-electron chi connectivity index (χ3n) is 3.65. The lowest BCUT2D eigenvalue weighted by molar-refractivity contribution is 0.208. The van der Waals surface area contributed by atoms with Crippen LogP contribution in [0.4, 0.5) is 0 Å². The molecule has 1 aliphatic rings. The second kappa shape index (κ2) is 8.62. The van der Waals surface area contributed by atoms with Crippen LogP contribution in [0.15, 0.2) is 30.3 Å². The van der Waals surface area contributed by atoms with Crippen molar-refractivity contribution < 1.29 is 0 Å². The normalized spacial score (nSPS) is 19.0. The lowest BCUT2D eigenvalue weighted by Crippen LogP contribution is -2.37. The van der Waals surface area contributed by atoms with Gasteiger partial charge in [-0.1, -0.05) is 37.3 Å². The first-order valence-electron chi connectivity index (χ1n) is 7.49. The number of rotatable bonds is 6. The molecule has 1 heterocycles. The molecule has 1 saturated heterocycles. The largest absolute Gasteiger partial charge is 0.315 e. The van der Waals surface area contributed by atoms with Gasteiger partial charge in [0.25, 0.3) is 0 Å². The molecule has 1 aromatic carbocycles. The summed E-state index contributed by atoms with van der Waals surface area (Å²) in [5.74, 6) is 2.59. The van der Waals surface area contributed by atoms with Crippen molar-refractivity contribution in [2.75, 3.05) is 37.7 Å². The average Bonchev–Trinajstić information content (AvgIpc) is 2.74. The Morgan fingerprint density at radius 2 is 2.05 bits per heavy atom. The van der Waals surface area contributed by atoms with Gasteiger partial charge in [-0.2, -0.15) is 11.8 Å². The predicted molar refractivity (Wildman–Crippen MR) is 85.9 cm³/mol. The Morgan fingerprint density at radius 1 is 1.21 bits per heavy atom. The second-order valence-corrected chi connectivity index (χ2v) is 6.36. The zero-order chi connectivity index (χ0) is 13.3. The molecule has 0 amide bonds. The molecule has 1 aliphatic heterocycles. The first kappa shape index (κ1) is 14.9. The quantitative estimate of drug-likeness (QED) is 0.805. The standard InChI is InChI=1S/C16H26N2S/c1-2-9-17-14-16(15-7-4-3-5-8-15)18-10-6-12-19-13-11-18/h3-5,7-8,16-17H,2,6,9-14H2,1H3. The lowest BCUT2D eigenvalue weighted by atomic mass is 10.0. The van der Waals surface area contributed by atoms with Crippen LogP contribution in [0, 0.1) is 0 Å². The molecule has 0 radical (unpaired) electrons. The van der Waals surface area contributed by atoms with Crippen LogP contribution in [0.5, 0.6) is 0 Å². The van der Waals surface area contributed by atoms with E-state index in [9.17, 15) is 0 Å². The van der Waals surface area contributed by atoms with E-state index in [2.05, 4.69) is 59.2 Å². The second-order valence-electron chi connectivity index (χ2n) is 5.13. The third-order valence-corrected chi connectivity index (χ3v) is 4.70. The molecular weight excluding hydrogens is 252 g/mol. The summed E-state index contributed by atoms with van der Waals surface area (Å²) in [6, 6.07) is 11.5. The van der Waals surface area contributed by atoms with Crippen molar-refractivity contribution in [3.05, 3.63) is 35.9 Å². The van der Waals surface area contributed by atoms with Gasteiger partial charge in [0.05, 0.1) is 0 Å². The van der Waals surface area contributed by atoms with Crippen LogP contribution in [-0.4, -0.2) is 42.6 Å². The third kappa shape index (κ3) is 4.83. The van der Waals surface area contributed by atoms with Crippen LogP contribution in [0.3, 0.4) is 0 Å². The topological polar surface area (TPSA) is 15.3 Å². The van der Waals surface area contributed by atoms with Crippen molar-refractivity contribution in [1.29, 1.82) is 0 Å². The van der Waals surface area contributed by atoms with E-state index in [4.69, 9.17) is 0 Å². The molecule has 2 nitrogen and oxygen atoms in total. The van der Waals surface area contributed by atoms with Gasteiger partial charge in [0.15, 0.2) is 0 Å². The molecule has 1 unspecified atom stereocenters. The summed E-state index contributed by atoms with van der Waals surface area (Å²) in [4.78, 5) is 2.66. The molecule has 1 aromatic rings. The molecular formula is C16H26N2S. The maximum atomic E-state index is 3.60. The van der Waals surface area contributed by atoms with Crippen LogP contribution in [0.1, 0.15) is 31.4 Å². The molecule has 1 atom stereocenters. The monoisotopic (exact) mass is 278 g/mol. The highest BCUT2D eigenvalue weighted by Crippen LogP contribution is 2.23. The molecule has 2 rings (SSSR count). The summed E-state index contributed by atoms with van der Waals surface area (Å²) in [6.45, 7) is 6.87. The molecule has 0 saturated carbocycles. The van der Waals surface area contributed by atoms with Crippen molar-refractivity contribution in [3.8, 4) is 0 Å². The molecule has 0 aliphatic carbocycles. The molecule has 0 aromatic heterocycles. The minimum Gasteiger partial charge on any atom is -0.315 e. The van der Waals surface area contributed by atoms with Crippen molar-refractivity contribution >= 4 is 11.8 Å². The molecule has 1 fully saturated rings. The summed E-state index contributed by atoms with van der Waals surface area (Å²) >= 11 is 2.10. The molecule has 0 spiro atoms. The molecule has 106 valence electrons. The summed E-state index contributed by atoms with van der Waals surface area (Å²) in [5, 5.41) is 3.60. The lowest BCUT2D eigenvalue weighted by Gasteiger charge is -2.31. The van der Waals surface area contributed by atoms with Gasteiger partial charge in [-0.05, 0) is 37.2 Å². The molecule has 3 heteroatoms. The zero-order valence-corrected chi connectivity index (χ0v) is 12.8. The minimum atomic E-state index is 0.534. The number of hydrogen-bond donors (Lipinski definition) is 1. The van der Waals surface area contributed by atoms with Crippen LogP contribution in [0.2, 0.25) is 0 Å². The fourth-order valence-corrected chi connectivity index (χ4v) is 3.53. The van der Waals surface area contributed by atoms with E-state index in [1.54, 1.807) is 0 Å². The van der Waals surface area contributed by atoms with Crippen LogP contribution in [0.25, 0.3) is 0 Å². The van der Waals surface area contributed by atoms with Gasteiger partial charge in [0.1, 0.15) is 0 Å². The van der Waals surface area contributed by atoms with E-state index in [1.807, 2.05) is 0 Å². The Labute approximate surface area is 122 Å². The maximum Gasteiger partial charge on any atom is 0.0473 e. The van der Waals surface area contributed by atoms with E-state index in [1.165, 1.54) is 43.0 Å². The number of benzene rings is 1. The Hall–Kier alpha value is -0.510. The summed E-state index contributed by atoms with van der Waals surface area (Å²) in [6.07, 6.45) is 2.53. The van der Waals surface area contributed by atoms with E-state index in [0.29, 0.717) is 6.04 Å². The van der Waals surface area contributed by atoms with Crippen molar-refractivity contribution in [3.63, 3.8) is 0 Å². The number of hydrogen-bond acceptors (Lipinski definition) is 3. The van der Waals surface area contributed by atoms with Crippen LogP contribution in [-0.2, 0) is 0 Å². The average molecular weight is 278 g/mol. The predicted octanol–water partition coefficient (Wildman–Crippen LogP) is 3.17. The van der Waals surface area contributed by atoms with Gasteiger partial charge >= 0.3 is 0 Å². The zero-order valence-electron chi connectivity index (χ0n) is 12.0. The van der Waals surface area contributed by atoms with Gasteiger partial charge in [-0.3, -0.25) is 4.90 Å². The number of nitrogens with one attached hydrogen (secondary N) is 1. The fraction of sp³-hybridized carbons (Fsp3) is 0.625. The summed E-state index contributed by atoms with van der Waals surface area (Å²) in [7, 11) is 0. The Morgan fingerprint density at radius 3 is 2.84 bits per heavy atom. The number of nitrogens with zero attached hydrogens (tertiary/aromatic N) is 1. The first-order valence-corrected chi connectivity index (χ1v) is 8.64. The fourth-order valence-electron chi connectivity index (χ4n) is 2.63. The van der Waals surface area contributed by atoms with Crippen molar-refractivity contribution in [1.82, 2.24) is 10.2 Å². The highest BCUT2D eigenvalue weighted by Gasteiger charge is 2.20. The maximum absolute atomic E-state index is 3.60. The molecule has 0 bridgehead atoms. The molecule has 1 N–H and O–H groups in total. The van der Waals surface area contributed by atoms with Crippen molar-refractivity contribution in [2.45, 2.75) is 25.8 Å². The van der Waals surface area contributed by atoms with Crippen LogP contribution < -0.4 is 5.32 Å². The Balaban J connectivity index is 2.04. The smallest absolute Gasteiger partial charge is 0.0473 e. The number of thioether (sulfide) groups is 1. The highest BCUT2D eigenvalue weighted by molar-refractivity contribution is 7.99. The molecule has 19 heavy (non-hydrogen) atoms. The Bertz CT molecular complexity index is 334. The summed E-state index contributed by atoms with van der Waals surface area (Å²) < 4.78 is 0. The summed E-state index contributed by atoms with van der Waals surface area (Å²) in [5.41, 5.74) is 1.46. The van der Waals surface area contributed by atoms with E-state index >= 15 is 0 Å². The van der Waals surface area contributed by atoms with Gasteiger partial charge in [0.2, 0.25) is 0 Å². The minimum absolute atomic E-state index is 0.534. The van der Waals surface area contributed by atoms with Gasteiger partial charge < -0.3 is 5.32 Å². The van der Waals surface area contributed by atoms with Crippen molar-refractivity contribution in [2.24, 2.45) is 0 Å². The van der Waals surface area contributed by atoms with Gasteiger partial charge in [0, 0.05) is 24.9 Å². The van der Waals surface area contributed by atoms with Crippen LogP contribution >= 0.6 is 11.8 Å². The van der Waals surface area contributed by atoms with Gasteiger partial charge in [-0.25, -0.2) is 0 Å². The Kier molecular flexibility index (Phi) is 6.75. The first-order chi connectivity index (χ1) is 9.42. The van der Waals surface area contributed by atoms with E-state index < -0.39 is 0 Å². The SMILES string of the molecule is CCCNCC(c1ccccc1)N1CCCSCC1. The van der Waals surface area contributed by atoms with E-state index in [-0.39, 0.29) is 0 Å². The van der Waals surface area contributed by atoms with Gasteiger partial charge in [-0.15, -0.1) is 0 Å².